The fraction of sp³-hybridized carbons (Fsp3) is 0.364. The predicted octanol–water partition coefficient (Wildman–Crippen LogP) is 3.99. The monoisotopic (exact) mass is 422 g/mol. The van der Waals surface area contributed by atoms with Crippen LogP contribution in [0.3, 0.4) is 0 Å². The summed E-state index contributed by atoms with van der Waals surface area (Å²) >= 11 is 0. The van der Waals surface area contributed by atoms with Crippen molar-refractivity contribution in [1.82, 2.24) is 0 Å². The molecule has 0 bridgehead atoms. The van der Waals surface area contributed by atoms with Crippen molar-refractivity contribution in [3.8, 4) is 5.75 Å². The van der Waals surface area contributed by atoms with E-state index in [0.717, 1.165) is 24.8 Å². The lowest BCUT2D eigenvalue weighted by Gasteiger charge is -2.32. The van der Waals surface area contributed by atoms with Gasteiger partial charge in [-0.3, -0.25) is 4.79 Å². The fourth-order valence-electron chi connectivity index (χ4n) is 3.41. The number of ether oxygens (including phenoxy) is 3. The highest BCUT2D eigenvalue weighted by molar-refractivity contribution is 5.84. The van der Waals surface area contributed by atoms with Gasteiger partial charge in [0.1, 0.15) is 12.4 Å². The smallest absolute Gasteiger partial charge is 0.424 e. The van der Waals surface area contributed by atoms with Crippen LogP contribution in [0.4, 0.5) is 13.2 Å². The van der Waals surface area contributed by atoms with E-state index in [2.05, 4.69) is 0 Å². The molecule has 0 spiro atoms. The van der Waals surface area contributed by atoms with Crippen LogP contribution < -0.4 is 4.74 Å². The Bertz CT molecular complexity index is 887. The van der Waals surface area contributed by atoms with E-state index in [9.17, 15) is 22.8 Å². The standard InChI is InChI=1S/C22H21F3O5/c1-28-21(22(23,24)25,16-7-3-2-4-8-16)20(27)30-19-9-5-6-15(13-19)12-18-11-10-17(26)14-29-18/h2-9,13,18H,10-12,14H2,1H3/t18-,21-/m0/s1. The summed E-state index contributed by atoms with van der Waals surface area (Å²) in [5, 5.41) is 0. The molecule has 2 aromatic carbocycles. The molecule has 1 heterocycles. The molecule has 0 unspecified atom stereocenters. The number of rotatable bonds is 6. The highest BCUT2D eigenvalue weighted by atomic mass is 19.4. The Balaban J connectivity index is 1.82. The van der Waals surface area contributed by atoms with Gasteiger partial charge in [0.15, 0.2) is 5.78 Å². The molecule has 2 atom stereocenters. The third-order valence-electron chi connectivity index (χ3n) is 4.97. The molecular formula is C22H21F3O5. The Kier molecular flexibility index (Phi) is 6.58. The number of Topliss-reactive ketones (excluding diaryl/α,β-unsaturated/α-hetero) is 1. The van der Waals surface area contributed by atoms with E-state index >= 15 is 0 Å². The lowest BCUT2D eigenvalue weighted by atomic mass is 9.92. The molecule has 2 aromatic rings. The molecule has 0 N–H and O–H groups in total. The largest absolute Gasteiger partial charge is 0.432 e. The maximum atomic E-state index is 14.0. The maximum Gasteiger partial charge on any atom is 0.432 e. The van der Waals surface area contributed by atoms with Crippen molar-refractivity contribution in [3.63, 3.8) is 0 Å². The molecule has 3 rings (SSSR count). The van der Waals surface area contributed by atoms with E-state index in [1.807, 2.05) is 0 Å². The van der Waals surface area contributed by atoms with Crippen LogP contribution in [-0.2, 0) is 31.1 Å². The highest BCUT2D eigenvalue weighted by Crippen LogP contribution is 2.43. The number of methoxy groups -OCH3 is 1. The van der Waals surface area contributed by atoms with Gasteiger partial charge in [-0.2, -0.15) is 13.2 Å². The summed E-state index contributed by atoms with van der Waals surface area (Å²) in [7, 11) is 0.819. The molecule has 0 saturated carbocycles. The molecule has 160 valence electrons. The van der Waals surface area contributed by atoms with Crippen LogP contribution in [0, 0.1) is 0 Å². The average molecular weight is 422 g/mol. The Morgan fingerprint density at radius 1 is 1.13 bits per heavy atom. The van der Waals surface area contributed by atoms with Crippen LogP contribution >= 0.6 is 0 Å². The quantitative estimate of drug-likeness (QED) is 0.521. The summed E-state index contributed by atoms with van der Waals surface area (Å²) in [6.07, 6.45) is -3.77. The summed E-state index contributed by atoms with van der Waals surface area (Å²) in [5.41, 5.74) is -2.91. The van der Waals surface area contributed by atoms with E-state index in [-0.39, 0.29) is 29.8 Å². The van der Waals surface area contributed by atoms with Crippen molar-refractivity contribution in [1.29, 1.82) is 0 Å². The Hall–Kier alpha value is -2.71. The van der Waals surface area contributed by atoms with Gasteiger partial charge in [-0.25, -0.2) is 4.79 Å². The number of benzene rings is 2. The van der Waals surface area contributed by atoms with Crippen LogP contribution in [0.2, 0.25) is 0 Å². The summed E-state index contributed by atoms with van der Waals surface area (Å²) in [4.78, 5) is 24.0. The average Bonchev–Trinajstić information content (AvgIpc) is 2.71. The normalized spacial score (nSPS) is 19.2. The lowest BCUT2D eigenvalue weighted by molar-refractivity contribution is -0.272. The van der Waals surface area contributed by atoms with Crippen LogP contribution in [-0.4, -0.2) is 37.7 Å². The maximum absolute atomic E-state index is 14.0. The summed E-state index contributed by atoms with van der Waals surface area (Å²) in [6, 6.07) is 12.9. The van der Waals surface area contributed by atoms with Gasteiger partial charge in [0.05, 0.1) is 6.10 Å². The van der Waals surface area contributed by atoms with Gasteiger partial charge < -0.3 is 14.2 Å². The van der Waals surface area contributed by atoms with Gasteiger partial charge in [-0.15, -0.1) is 0 Å². The molecule has 0 amide bonds. The first-order valence-electron chi connectivity index (χ1n) is 9.38. The summed E-state index contributed by atoms with van der Waals surface area (Å²) in [6.45, 7) is 0.0539. The van der Waals surface area contributed by atoms with Crippen molar-refractivity contribution in [2.24, 2.45) is 0 Å². The van der Waals surface area contributed by atoms with Crippen molar-refractivity contribution in [2.45, 2.75) is 37.1 Å². The Morgan fingerprint density at radius 3 is 2.47 bits per heavy atom. The number of hydrogen-bond acceptors (Lipinski definition) is 5. The SMILES string of the molecule is CO[C@](C(=O)Oc1cccc(C[C@@H]2CCC(=O)CO2)c1)(c1ccccc1)C(F)(F)F. The number of ketones is 1. The number of esters is 1. The third-order valence-corrected chi connectivity index (χ3v) is 4.97. The molecule has 8 heteroatoms. The van der Waals surface area contributed by atoms with Gasteiger partial charge in [-0.05, 0) is 30.5 Å². The van der Waals surface area contributed by atoms with E-state index < -0.39 is 17.7 Å². The van der Waals surface area contributed by atoms with Crippen LogP contribution in [0.15, 0.2) is 54.6 Å². The molecule has 1 aliphatic rings. The summed E-state index contributed by atoms with van der Waals surface area (Å²) in [5.74, 6) is -1.58. The van der Waals surface area contributed by atoms with Gasteiger partial charge in [-0.1, -0.05) is 42.5 Å². The number of carbonyl (C=O) groups excluding carboxylic acids is 2. The molecule has 0 radical (unpaired) electrons. The Morgan fingerprint density at radius 2 is 1.87 bits per heavy atom. The molecule has 5 nitrogen and oxygen atoms in total. The number of halogens is 3. The van der Waals surface area contributed by atoms with Crippen LogP contribution in [0.1, 0.15) is 24.0 Å². The predicted molar refractivity (Wildman–Crippen MR) is 101 cm³/mol. The van der Waals surface area contributed by atoms with Crippen molar-refractivity contribution >= 4 is 11.8 Å². The topological polar surface area (TPSA) is 61.8 Å². The zero-order valence-electron chi connectivity index (χ0n) is 16.3. The van der Waals surface area contributed by atoms with E-state index in [1.54, 1.807) is 12.1 Å². The van der Waals surface area contributed by atoms with Crippen LogP contribution in [0.5, 0.6) is 5.75 Å². The first-order chi connectivity index (χ1) is 14.3. The third kappa shape index (κ3) is 4.55. The molecule has 0 aromatic heterocycles. The zero-order valence-corrected chi connectivity index (χ0v) is 16.3. The minimum Gasteiger partial charge on any atom is -0.424 e. The first-order valence-corrected chi connectivity index (χ1v) is 9.38. The lowest BCUT2D eigenvalue weighted by Crippen LogP contribution is -2.52. The van der Waals surface area contributed by atoms with E-state index in [4.69, 9.17) is 14.2 Å². The molecule has 30 heavy (non-hydrogen) atoms. The molecule has 1 aliphatic heterocycles. The highest BCUT2D eigenvalue weighted by Gasteiger charge is 2.64. The molecule has 1 saturated heterocycles. The molecule has 0 aliphatic carbocycles. The minimum absolute atomic E-state index is 0.0361. The summed E-state index contributed by atoms with van der Waals surface area (Å²) < 4.78 is 57.2. The second-order valence-electron chi connectivity index (χ2n) is 7.00. The van der Waals surface area contributed by atoms with Gasteiger partial charge in [0, 0.05) is 19.1 Å². The van der Waals surface area contributed by atoms with Crippen molar-refractivity contribution < 1.29 is 37.0 Å². The minimum atomic E-state index is -5.04. The van der Waals surface area contributed by atoms with Crippen LogP contribution in [0.25, 0.3) is 0 Å². The molecule has 1 fully saturated rings. The van der Waals surface area contributed by atoms with Crippen molar-refractivity contribution in [2.75, 3.05) is 13.7 Å². The second kappa shape index (κ2) is 8.97. The second-order valence-corrected chi connectivity index (χ2v) is 7.00. The Labute approximate surface area is 171 Å². The van der Waals surface area contributed by atoms with E-state index in [1.165, 1.54) is 30.3 Å². The zero-order chi connectivity index (χ0) is 21.8. The number of hydrogen-bond donors (Lipinski definition) is 0. The van der Waals surface area contributed by atoms with Gasteiger partial charge in [0.25, 0.3) is 5.60 Å². The van der Waals surface area contributed by atoms with Gasteiger partial charge in [0.2, 0.25) is 0 Å². The number of carbonyl (C=O) groups is 2. The number of alkyl halides is 3. The van der Waals surface area contributed by atoms with Gasteiger partial charge >= 0.3 is 12.1 Å². The fourth-order valence-corrected chi connectivity index (χ4v) is 3.41. The first kappa shape index (κ1) is 22.0. The molecular weight excluding hydrogens is 401 g/mol. The van der Waals surface area contributed by atoms with Crippen molar-refractivity contribution in [3.05, 3.63) is 65.7 Å². The van der Waals surface area contributed by atoms with E-state index in [0.29, 0.717) is 19.3 Å².